The maximum atomic E-state index is 12.6. The Morgan fingerprint density at radius 3 is 2.55 bits per heavy atom. The van der Waals surface area contributed by atoms with Gasteiger partial charge >= 0.3 is 0 Å². The zero-order valence-corrected chi connectivity index (χ0v) is 17.2. The van der Waals surface area contributed by atoms with Gasteiger partial charge in [0.15, 0.2) is 5.82 Å². The molecule has 1 fully saturated rings. The molecule has 1 aliphatic heterocycles. The van der Waals surface area contributed by atoms with E-state index in [9.17, 15) is 4.79 Å². The second-order valence-electron chi connectivity index (χ2n) is 8.13. The van der Waals surface area contributed by atoms with E-state index in [1.54, 1.807) is 0 Å². The first-order valence-electron chi connectivity index (χ1n) is 10.6. The standard InChI is InChI=1S/C22H20N4O.C2H6/c1-12-2-4-13(5-3-12)20-23-10-14-6-7-15-16-19(25-18(15)17(14)26-20)22(8-9-22)11-24-21(16)27;1-2/h2-5,10,25H,6-9,11H2,1H3,(H,24,27);1-2H3. The molecule has 1 spiro atoms. The molecule has 3 heterocycles. The number of carbonyl (C=O) groups is 1. The van der Waals surface area contributed by atoms with Gasteiger partial charge in [0.1, 0.15) is 0 Å². The summed E-state index contributed by atoms with van der Waals surface area (Å²) in [6.07, 6.45) is 5.98. The molecule has 5 heteroatoms. The summed E-state index contributed by atoms with van der Waals surface area (Å²) < 4.78 is 0. The average molecular weight is 386 g/mol. The third-order valence-corrected chi connectivity index (χ3v) is 6.36. The highest BCUT2D eigenvalue weighted by molar-refractivity contribution is 6.01. The Kier molecular flexibility index (Phi) is 4.09. The van der Waals surface area contributed by atoms with E-state index in [1.807, 2.05) is 20.0 Å². The van der Waals surface area contributed by atoms with Crippen LogP contribution >= 0.6 is 0 Å². The molecule has 3 aliphatic rings. The first-order chi connectivity index (χ1) is 14.1. The quantitative estimate of drug-likeness (QED) is 0.653. The minimum atomic E-state index is 0.0660. The number of carbonyl (C=O) groups excluding carboxylic acids is 1. The van der Waals surface area contributed by atoms with Crippen molar-refractivity contribution < 1.29 is 4.79 Å². The predicted octanol–water partition coefficient (Wildman–Crippen LogP) is 4.35. The summed E-state index contributed by atoms with van der Waals surface area (Å²) in [6.45, 7) is 6.83. The molecule has 0 saturated heterocycles. The summed E-state index contributed by atoms with van der Waals surface area (Å²) in [7, 11) is 0. The molecule has 2 N–H and O–H groups in total. The zero-order valence-electron chi connectivity index (χ0n) is 17.2. The number of H-pyrrole nitrogens is 1. The maximum Gasteiger partial charge on any atom is 0.253 e. The Balaban J connectivity index is 0.000000882. The first kappa shape index (κ1) is 18.1. The van der Waals surface area contributed by atoms with Crippen LogP contribution in [0.5, 0.6) is 0 Å². The summed E-state index contributed by atoms with van der Waals surface area (Å²) in [5.41, 5.74) is 8.67. The van der Waals surface area contributed by atoms with Gasteiger partial charge in [0.05, 0.1) is 17.0 Å². The monoisotopic (exact) mass is 386 g/mol. The van der Waals surface area contributed by atoms with Crippen molar-refractivity contribution in [2.24, 2.45) is 0 Å². The van der Waals surface area contributed by atoms with Gasteiger partial charge < -0.3 is 10.3 Å². The Hall–Kier alpha value is -2.95. The van der Waals surface area contributed by atoms with Crippen LogP contribution in [0.4, 0.5) is 0 Å². The lowest BCUT2D eigenvalue weighted by Crippen LogP contribution is -2.39. The molecule has 3 aromatic rings. The van der Waals surface area contributed by atoms with Gasteiger partial charge in [0.25, 0.3) is 5.91 Å². The second-order valence-corrected chi connectivity index (χ2v) is 8.13. The molecule has 0 atom stereocenters. The van der Waals surface area contributed by atoms with Crippen molar-refractivity contribution in [1.82, 2.24) is 20.3 Å². The van der Waals surface area contributed by atoms with E-state index in [0.29, 0.717) is 0 Å². The van der Waals surface area contributed by atoms with Crippen LogP contribution in [0.1, 0.15) is 59.4 Å². The number of amides is 1. The summed E-state index contributed by atoms with van der Waals surface area (Å²) in [4.78, 5) is 25.7. The molecule has 0 unspecified atom stereocenters. The number of benzene rings is 1. The predicted molar refractivity (Wildman–Crippen MR) is 114 cm³/mol. The van der Waals surface area contributed by atoms with E-state index in [4.69, 9.17) is 4.98 Å². The fraction of sp³-hybridized carbons (Fsp3) is 0.375. The first-order valence-corrected chi connectivity index (χ1v) is 10.6. The van der Waals surface area contributed by atoms with Gasteiger partial charge in [-0.25, -0.2) is 9.97 Å². The van der Waals surface area contributed by atoms with Crippen LogP contribution < -0.4 is 5.32 Å². The van der Waals surface area contributed by atoms with Crippen molar-refractivity contribution in [2.75, 3.05) is 6.54 Å². The number of aromatic amines is 1. The maximum absolute atomic E-state index is 12.6. The molecule has 0 radical (unpaired) electrons. The van der Waals surface area contributed by atoms with E-state index < -0.39 is 0 Å². The summed E-state index contributed by atoms with van der Waals surface area (Å²) in [5.74, 6) is 0.802. The van der Waals surface area contributed by atoms with Gasteiger partial charge in [-0.2, -0.15) is 0 Å². The molecule has 1 aromatic carbocycles. The van der Waals surface area contributed by atoms with Gasteiger partial charge in [-0.1, -0.05) is 43.7 Å². The number of hydrogen-bond donors (Lipinski definition) is 2. The molecule has 1 amide bonds. The highest BCUT2D eigenvalue weighted by atomic mass is 16.1. The molecular formula is C24H26N4O. The van der Waals surface area contributed by atoms with Crippen molar-refractivity contribution in [2.45, 2.75) is 51.9 Å². The van der Waals surface area contributed by atoms with Gasteiger partial charge in [-0.15, -0.1) is 0 Å². The molecule has 2 aromatic heterocycles. The summed E-state index contributed by atoms with van der Waals surface area (Å²) in [5, 5.41) is 3.10. The Bertz CT molecular complexity index is 1110. The number of aryl methyl sites for hydroxylation is 2. The third-order valence-electron chi connectivity index (χ3n) is 6.36. The number of nitrogens with one attached hydrogen (secondary N) is 2. The van der Waals surface area contributed by atoms with E-state index in [0.717, 1.165) is 77.4 Å². The SMILES string of the molecule is CC.Cc1ccc(-c2ncc3c(n2)-c2[nH]c4c(c2CC3)C(=O)NCC42CC2)cc1. The number of aromatic nitrogens is 3. The fourth-order valence-corrected chi connectivity index (χ4v) is 4.55. The van der Waals surface area contributed by atoms with Gasteiger partial charge in [0.2, 0.25) is 0 Å². The normalized spacial score (nSPS) is 17.4. The van der Waals surface area contributed by atoms with Crippen molar-refractivity contribution in [3.8, 4) is 22.8 Å². The lowest BCUT2D eigenvalue weighted by atomic mass is 9.88. The molecule has 6 rings (SSSR count). The van der Waals surface area contributed by atoms with Gasteiger partial charge in [-0.3, -0.25) is 4.79 Å². The van der Waals surface area contributed by atoms with Crippen LogP contribution in [0.3, 0.4) is 0 Å². The van der Waals surface area contributed by atoms with E-state index in [2.05, 4.69) is 46.5 Å². The fourth-order valence-electron chi connectivity index (χ4n) is 4.55. The molecule has 29 heavy (non-hydrogen) atoms. The number of hydrogen-bond acceptors (Lipinski definition) is 3. The summed E-state index contributed by atoms with van der Waals surface area (Å²) >= 11 is 0. The van der Waals surface area contributed by atoms with E-state index in [1.165, 1.54) is 5.56 Å². The Morgan fingerprint density at radius 2 is 1.83 bits per heavy atom. The largest absolute Gasteiger partial charge is 0.356 e. The van der Waals surface area contributed by atoms with Crippen molar-refractivity contribution >= 4 is 5.91 Å². The summed E-state index contributed by atoms with van der Waals surface area (Å²) in [6, 6.07) is 8.29. The molecule has 0 bridgehead atoms. The molecule has 2 aliphatic carbocycles. The lowest BCUT2D eigenvalue weighted by Gasteiger charge is -2.23. The second kappa shape index (κ2) is 6.55. The number of nitrogens with zero attached hydrogens (tertiary/aromatic N) is 2. The number of rotatable bonds is 1. The molecule has 1 saturated carbocycles. The van der Waals surface area contributed by atoms with E-state index in [-0.39, 0.29) is 11.3 Å². The molecule has 148 valence electrons. The minimum absolute atomic E-state index is 0.0660. The number of fused-ring (bicyclic) bond motifs is 6. The van der Waals surface area contributed by atoms with Crippen LogP contribution in [-0.2, 0) is 18.3 Å². The topological polar surface area (TPSA) is 70.7 Å². The van der Waals surface area contributed by atoms with Crippen LogP contribution in [0.2, 0.25) is 0 Å². The van der Waals surface area contributed by atoms with Crippen molar-refractivity contribution in [3.63, 3.8) is 0 Å². The van der Waals surface area contributed by atoms with Crippen LogP contribution in [0.25, 0.3) is 22.8 Å². The van der Waals surface area contributed by atoms with Crippen LogP contribution in [0.15, 0.2) is 30.5 Å². The zero-order chi connectivity index (χ0) is 20.2. The highest BCUT2D eigenvalue weighted by Crippen LogP contribution is 2.52. The smallest absolute Gasteiger partial charge is 0.253 e. The Labute approximate surface area is 171 Å². The highest BCUT2D eigenvalue weighted by Gasteiger charge is 2.51. The lowest BCUT2D eigenvalue weighted by molar-refractivity contribution is 0.0936. The Morgan fingerprint density at radius 1 is 1.07 bits per heavy atom. The van der Waals surface area contributed by atoms with Gasteiger partial charge in [0, 0.05) is 29.4 Å². The molecule has 5 nitrogen and oxygen atoms in total. The van der Waals surface area contributed by atoms with Crippen LogP contribution in [0, 0.1) is 6.92 Å². The van der Waals surface area contributed by atoms with Crippen molar-refractivity contribution in [3.05, 3.63) is 58.4 Å². The third kappa shape index (κ3) is 2.71. The van der Waals surface area contributed by atoms with Gasteiger partial charge in [-0.05, 0) is 43.7 Å². The van der Waals surface area contributed by atoms with Crippen molar-refractivity contribution in [1.29, 1.82) is 0 Å². The minimum Gasteiger partial charge on any atom is -0.356 e. The molecular weight excluding hydrogens is 360 g/mol. The van der Waals surface area contributed by atoms with E-state index >= 15 is 0 Å². The average Bonchev–Trinajstić information content (AvgIpc) is 3.42. The van der Waals surface area contributed by atoms with Crippen LogP contribution in [-0.4, -0.2) is 27.4 Å².